The second kappa shape index (κ2) is 7.79. The molecule has 1 aliphatic heterocycles. The maximum atomic E-state index is 14.3. The first-order valence-electron chi connectivity index (χ1n) is 9.31. The monoisotopic (exact) mass is 383 g/mol. The molecule has 0 saturated carbocycles. The zero-order valence-electron chi connectivity index (χ0n) is 15.6. The second-order valence-electron chi connectivity index (χ2n) is 6.88. The van der Waals surface area contributed by atoms with Crippen molar-refractivity contribution in [3.63, 3.8) is 0 Å². The maximum absolute atomic E-state index is 14.3. The third-order valence-electron chi connectivity index (χ3n) is 5.01. The molecule has 4 heterocycles. The lowest BCUT2D eigenvalue weighted by Gasteiger charge is -2.32. The Morgan fingerprint density at radius 2 is 2.32 bits per heavy atom. The number of rotatable bonds is 4. The molecule has 146 valence electrons. The fourth-order valence-electron chi connectivity index (χ4n) is 3.58. The topological polar surface area (TPSA) is 98.8 Å². The molecule has 9 heteroatoms. The van der Waals surface area contributed by atoms with Crippen LogP contribution >= 0.6 is 0 Å². The number of fused-ring (bicyclic) bond motifs is 1. The number of hydrogen-bond donors (Lipinski definition) is 3. The van der Waals surface area contributed by atoms with Crippen molar-refractivity contribution in [1.82, 2.24) is 30.2 Å². The van der Waals surface area contributed by atoms with Crippen molar-refractivity contribution in [2.75, 3.05) is 32.0 Å². The van der Waals surface area contributed by atoms with Gasteiger partial charge in [-0.1, -0.05) is 0 Å². The molecule has 1 fully saturated rings. The highest BCUT2D eigenvalue weighted by Gasteiger charge is 2.23. The van der Waals surface area contributed by atoms with Crippen LogP contribution in [0.1, 0.15) is 12.8 Å². The lowest BCUT2D eigenvalue weighted by molar-refractivity contribution is 0.170. The molecule has 0 radical (unpaired) electrons. The highest BCUT2D eigenvalue weighted by Crippen LogP contribution is 2.26. The summed E-state index contributed by atoms with van der Waals surface area (Å²) in [6, 6.07) is 3.68. The van der Waals surface area contributed by atoms with Gasteiger partial charge in [0.2, 0.25) is 0 Å². The number of aromatic amines is 1. The number of nitrogens with zero attached hydrogens (tertiary/aromatic N) is 4. The summed E-state index contributed by atoms with van der Waals surface area (Å²) in [6.07, 6.45) is 6.57. The average Bonchev–Trinajstić information content (AvgIpc) is 3.17. The van der Waals surface area contributed by atoms with Gasteiger partial charge in [-0.15, -0.1) is 0 Å². The molecule has 3 N–H and O–H groups in total. The molecule has 0 aliphatic carbocycles. The minimum Gasteiger partial charge on any atom is -0.367 e. The van der Waals surface area contributed by atoms with Crippen LogP contribution in [-0.2, 0) is 0 Å². The standard InChI is InChI=1S/C19H22FN7O/c1-21-19(28)27-7-3-4-12(11-27)8-23-18-15(20)10-25-17(26-18)14-9-24-16-13(14)5-2-6-22-16/h2,5-6,9-10,12H,3-4,7-8,11H2,1H3,(H,21,28)(H,22,24)(H,23,25,26)/t12-/m1/s1. The van der Waals surface area contributed by atoms with Crippen LogP contribution in [0.25, 0.3) is 22.4 Å². The summed E-state index contributed by atoms with van der Waals surface area (Å²) in [5.41, 5.74) is 1.51. The van der Waals surface area contributed by atoms with Gasteiger partial charge in [0.1, 0.15) is 5.65 Å². The van der Waals surface area contributed by atoms with Crippen LogP contribution in [0, 0.1) is 11.7 Å². The molecule has 1 aliphatic rings. The Bertz CT molecular complexity index is 989. The first-order chi connectivity index (χ1) is 13.7. The number of anilines is 1. The van der Waals surface area contributed by atoms with E-state index >= 15 is 0 Å². The van der Waals surface area contributed by atoms with Gasteiger partial charge in [-0.3, -0.25) is 0 Å². The predicted octanol–water partition coefficient (Wildman–Crippen LogP) is 2.62. The summed E-state index contributed by atoms with van der Waals surface area (Å²) in [4.78, 5) is 29.5. The van der Waals surface area contributed by atoms with Crippen LogP contribution in [0.5, 0.6) is 0 Å². The van der Waals surface area contributed by atoms with E-state index in [0.717, 1.165) is 36.0 Å². The van der Waals surface area contributed by atoms with Crippen LogP contribution in [0.2, 0.25) is 0 Å². The number of nitrogens with one attached hydrogen (secondary N) is 3. The predicted molar refractivity (Wildman–Crippen MR) is 104 cm³/mol. The molecular formula is C19H22FN7O. The fourth-order valence-corrected chi connectivity index (χ4v) is 3.58. The lowest BCUT2D eigenvalue weighted by Crippen LogP contribution is -2.45. The van der Waals surface area contributed by atoms with E-state index in [2.05, 4.69) is 30.6 Å². The minimum absolute atomic E-state index is 0.0758. The van der Waals surface area contributed by atoms with Crippen LogP contribution in [-0.4, -0.2) is 57.5 Å². The number of aromatic nitrogens is 4. The second-order valence-corrected chi connectivity index (χ2v) is 6.88. The molecule has 2 amide bonds. The molecule has 0 bridgehead atoms. The Balaban J connectivity index is 1.50. The molecule has 0 aromatic carbocycles. The quantitative estimate of drug-likeness (QED) is 0.643. The van der Waals surface area contributed by atoms with E-state index in [1.807, 2.05) is 12.1 Å². The first-order valence-corrected chi connectivity index (χ1v) is 9.31. The zero-order valence-corrected chi connectivity index (χ0v) is 15.6. The summed E-state index contributed by atoms with van der Waals surface area (Å²) in [7, 11) is 1.63. The average molecular weight is 383 g/mol. The SMILES string of the molecule is CNC(=O)N1CCC[C@H](CNc2nc(-c3c[nH]c4ncccc34)ncc2F)C1. The Labute approximate surface area is 161 Å². The lowest BCUT2D eigenvalue weighted by atomic mass is 9.98. The van der Waals surface area contributed by atoms with Gasteiger partial charge in [-0.2, -0.15) is 0 Å². The Morgan fingerprint density at radius 3 is 3.18 bits per heavy atom. The number of H-pyrrole nitrogens is 1. The molecule has 0 spiro atoms. The van der Waals surface area contributed by atoms with Crippen molar-refractivity contribution >= 4 is 22.9 Å². The highest BCUT2D eigenvalue weighted by atomic mass is 19.1. The number of halogens is 1. The van der Waals surface area contributed by atoms with E-state index in [1.165, 1.54) is 6.20 Å². The maximum Gasteiger partial charge on any atom is 0.317 e. The molecule has 0 unspecified atom stereocenters. The van der Waals surface area contributed by atoms with E-state index in [-0.39, 0.29) is 17.8 Å². The number of amides is 2. The van der Waals surface area contributed by atoms with E-state index in [4.69, 9.17) is 0 Å². The van der Waals surface area contributed by atoms with Crippen LogP contribution in [0.15, 0.2) is 30.7 Å². The van der Waals surface area contributed by atoms with E-state index < -0.39 is 5.82 Å². The Morgan fingerprint density at radius 1 is 1.43 bits per heavy atom. The molecular weight excluding hydrogens is 361 g/mol. The summed E-state index contributed by atoms with van der Waals surface area (Å²) in [5, 5.41) is 6.64. The summed E-state index contributed by atoms with van der Waals surface area (Å²) < 4.78 is 14.3. The van der Waals surface area contributed by atoms with Gasteiger partial charge in [-0.05, 0) is 30.9 Å². The molecule has 3 aromatic heterocycles. The summed E-state index contributed by atoms with van der Waals surface area (Å²) in [5.74, 6) is 0.334. The van der Waals surface area contributed by atoms with Gasteiger partial charge >= 0.3 is 6.03 Å². The third kappa shape index (κ3) is 3.60. The largest absolute Gasteiger partial charge is 0.367 e. The van der Waals surface area contributed by atoms with Gasteiger partial charge in [0.05, 0.1) is 6.20 Å². The van der Waals surface area contributed by atoms with E-state index in [9.17, 15) is 9.18 Å². The minimum atomic E-state index is -0.499. The summed E-state index contributed by atoms with van der Waals surface area (Å²) in [6.45, 7) is 1.92. The number of piperidine rings is 1. The van der Waals surface area contributed by atoms with Gasteiger partial charge in [0.25, 0.3) is 0 Å². The highest BCUT2D eigenvalue weighted by molar-refractivity contribution is 5.91. The Hall–Kier alpha value is -3.23. The molecule has 1 saturated heterocycles. The van der Waals surface area contributed by atoms with E-state index in [0.29, 0.717) is 18.9 Å². The van der Waals surface area contributed by atoms with Crippen molar-refractivity contribution in [2.45, 2.75) is 12.8 Å². The van der Waals surface area contributed by atoms with Crippen molar-refractivity contribution in [3.05, 3.63) is 36.5 Å². The zero-order chi connectivity index (χ0) is 19.5. The van der Waals surface area contributed by atoms with Gasteiger partial charge in [-0.25, -0.2) is 24.1 Å². The van der Waals surface area contributed by atoms with Gasteiger partial charge in [0, 0.05) is 50.0 Å². The van der Waals surface area contributed by atoms with Crippen molar-refractivity contribution < 1.29 is 9.18 Å². The van der Waals surface area contributed by atoms with Crippen LogP contribution in [0.3, 0.4) is 0 Å². The first kappa shape index (κ1) is 18.1. The molecule has 8 nitrogen and oxygen atoms in total. The number of carbonyl (C=O) groups is 1. The van der Waals surface area contributed by atoms with Gasteiger partial charge in [0.15, 0.2) is 17.5 Å². The smallest absolute Gasteiger partial charge is 0.317 e. The van der Waals surface area contributed by atoms with Crippen LogP contribution in [0.4, 0.5) is 15.0 Å². The third-order valence-corrected chi connectivity index (χ3v) is 5.01. The molecule has 1 atom stereocenters. The number of carbonyl (C=O) groups excluding carboxylic acids is 1. The normalized spacial score (nSPS) is 16.9. The summed E-state index contributed by atoms with van der Waals surface area (Å²) >= 11 is 0. The fraction of sp³-hybridized carbons (Fsp3) is 0.368. The molecule has 4 rings (SSSR count). The molecule has 3 aromatic rings. The Kier molecular flexibility index (Phi) is 5.05. The van der Waals surface area contributed by atoms with Crippen molar-refractivity contribution in [2.24, 2.45) is 5.92 Å². The van der Waals surface area contributed by atoms with Crippen molar-refractivity contribution in [1.29, 1.82) is 0 Å². The molecule has 28 heavy (non-hydrogen) atoms. The van der Waals surface area contributed by atoms with E-state index in [1.54, 1.807) is 24.3 Å². The number of pyridine rings is 1. The van der Waals surface area contributed by atoms with Crippen LogP contribution < -0.4 is 10.6 Å². The van der Waals surface area contributed by atoms with Crippen molar-refractivity contribution in [3.8, 4) is 11.4 Å². The number of hydrogen-bond acceptors (Lipinski definition) is 5. The number of likely N-dealkylation sites (tertiary alicyclic amines) is 1. The van der Waals surface area contributed by atoms with Gasteiger partial charge < -0.3 is 20.5 Å². The number of urea groups is 1.